The van der Waals surface area contributed by atoms with Crippen molar-refractivity contribution in [3.05, 3.63) is 12.4 Å². The highest BCUT2D eigenvalue weighted by atomic mass is 35.5. The van der Waals surface area contributed by atoms with Gasteiger partial charge in [0, 0.05) is 23.9 Å². The molecule has 0 atom stereocenters. The molecule has 1 rings (SSSR count). The lowest BCUT2D eigenvalue weighted by Gasteiger charge is -2.29. The number of halogens is 1. The zero-order valence-electron chi connectivity index (χ0n) is 12.2. The summed E-state index contributed by atoms with van der Waals surface area (Å²) in [5.74, 6) is 2.02. The Morgan fingerprint density at radius 3 is 2.53 bits per heavy atom. The summed E-state index contributed by atoms with van der Waals surface area (Å²) >= 11 is 6.09. The number of nitrogens with one attached hydrogen (secondary N) is 1. The van der Waals surface area contributed by atoms with Gasteiger partial charge in [0.2, 0.25) is 5.88 Å². The van der Waals surface area contributed by atoms with Crippen LogP contribution in [0.25, 0.3) is 0 Å². The van der Waals surface area contributed by atoms with Crippen LogP contribution in [-0.4, -0.2) is 28.5 Å². The zero-order valence-corrected chi connectivity index (χ0v) is 13.0. The van der Waals surface area contributed by atoms with Gasteiger partial charge >= 0.3 is 0 Å². The van der Waals surface area contributed by atoms with E-state index >= 15 is 0 Å². The highest BCUT2D eigenvalue weighted by Gasteiger charge is 2.24. The molecule has 0 aliphatic heterocycles. The third kappa shape index (κ3) is 4.86. The zero-order chi connectivity index (χ0) is 14.3. The number of hydrogen-bond donors (Lipinski definition) is 1. The minimum atomic E-state index is 0.107. The molecule has 0 fully saturated rings. The Balaban J connectivity index is 2.66. The highest BCUT2D eigenvalue weighted by molar-refractivity contribution is 6.18. The average Bonchev–Trinajstić information content (AvgIpc) is 2.41. The molecule has 1 aromatic heterocycles. The number of anilines is 1. The molecule has 0 bridgehead atoms. The molecule has 108 valence electrons. The Kier molecular flexibility index (Phi) is 6.35. The smallest absolute Gasteiger partial charge is 0.218 e. The minimum Gasteiger partial charge on any atom is -0.475 e. The lowest BCUT2D eigenvalue weighted by atomic mass is 9.84. The monoisotopic (exact) mass is 285 g/mol. The van der Waals surface area contributed by atoms with Crippen LogP contribution in [0.2, 0.25) is 0 Å². The molecular weight excluding hydrogens is 262 g/mol. The van der Waals surface area contributed by atoms with Gasteiger partial charge in [-0.15, -0.1) is 11.6 Å². The van der Waals surface area contributed by atoms with Crippen molar-refractivity contribution in [1.29, 1.82) is 0 Å². The van der Waals surface area contributed by atoms with E-state index in [4.69, 9.17) is 16.3 Å². The number of nitrogens with zero attached hydrogens (tertiary/aromatic N) is 2. The molecule has 1 N–H and O–H groups in total. The van der Waals surface area contributed by atoms with Crippen LogP contribution < -0.4 is 10.1 Å². The Morgan fingerprint density at radius 1 is 1.32 bits per heavy atom. The van der Waals surface area contributed by atoms with Crippen LogP contribution in [0.15, 0.2) is 12.4 Å². The number of aromatic nitrogens is 2. The van der Waals surface area contributed by atoms with E-state index in [0.29, 0.717) is 11.8 Å². The van der Waals surface area contributed by atoms with Crippen molar-refractivity contribution >= 4 is 17.4 Å². The summed E-state index contributed by atoms with van der Waals surface area (Å²) in [5.41, 5.74) is 0.117. The molecule has 5 heteroatoms. The fourth-order valence-electron chi connectivity index (χ4n) is 1.76. The van der Waals surface area contributed by atoms with Crippen molar-refractivity contribution in [1.82, 2.24) is 9.97 Å². The standard InChI is InChI=1S/C14H24ClN3O/c1-5-14(6-2,8-15)9-16-12-7-13(18-10-17-12)19-11(3)4/h7,10-11H,5-6,8-9H2,1-4H3,(H,16,17,18). The normalized spacial score (nSPS) is 11.7. The van der Waals surface area contributed by atoms with E-state index < -0.39 is 0 Å². The van der Waals surface area contributed by atoms with Crippen molar-refractivity contribution in [2.45, 2.75) is 46.6 Å². The van der Waals surface area contributed by atoms with Gasteiger partial charge in [0.15, 0.2) is 0 Å². The molecule has 0 aromatic carbocycles. The first-order chi connectivity index (χ1) is 9.05. The SMILES string of the molecule is CCC(CC)(CCl)CNc1cc(OC(C)C)ncn1. The van der Waals surface area contributed by atoms with E-state index in [9.17, 15) is 0 Å². The molecule has 0 unspecified atom stereocenters. The second kappa shape index (κ2) is 7.53. The molecule has 0 saturated carbocycles. The van der Waals surface area contributed by atoms with Crippen LogP contribution in [0, 0.1) is 5.41 Å². The summed E-state index contributed by atoms with van der Waals surface area (Å²) < 4.78 is 5.55. The Bertz CT molecular complexity index is 372. The van der Waals surface area contributed by atoms with Gasteiger partial charge < -0.3 is 10.1 Å². The van der Waals surface area contributed by atoms with Crippen LogP contribution in [0.5, 0.6) is 5.88 Å². The highest BCUT2D eigenvalue weighted by Crippen LogP contribution is 2.28. The Morgan fingerprint density at radius 2 is 2.00 bits per heavy atom. The van der Waals surface area contributed by atoms with Crippen molar-refractivity contribution in [2.24, 2.45) is 5.41 Å². The number of rotatable bonds is 8. The molecule has 1 heterocycles. The molecule has 0 spiro atoms. The summed E-state index contributed by atoms with van der Waals surface area (Å²) in [7, 11) is 0. The topological polar surface area (TPSA) is 47.0 Å². The first-order valence-corrected chi connectivity index (χ1v) is 7.37. The van der Waals surface area contributed by atoms with Gasteiger partial charge in [0.25, 0.3) is 0 Å². The van der Waals surface area contributed by atoms with Gasteiger partial charge in [-0.2, -0.15) is 0 Å². The maximum absolute atomic E-state index is 6.09. The van der Waals surface area contributed by atoms with Gasteiger partial charge in [0.05, 0.1) is 6.10 Å². The molecule has 0 aliphatic carbocycles. The van der Waals surface area contributed by atoms with E-state index in [1.807, 2.05) is 19.9 Å². The van der Waals surface area contributed by atoms with Crippen molar-refractivity contribution in [3.63, 3.8) is 0 Å². The molecule has 1 aromatic rings. The van der Waals surface area contributed by atoms with Crippen LogP contribution in [0.4, 0.5) is 5.82 Å². The second-order valence-electron chi connectivity index (χ2n) is 5.10. The van der Waals surface area contributed by atoms with Crippen molar-refractivity contribution in [2.75, 3.05) is 17.7 Å². The van der Waals surface area contributed by atoms with Gasteiger partial charge in [0.1, 0.15) is 12.1 Å². The molecule has 0 saturated heterocycles. The van der Waals surface area contributed by atoms with Crippen LogP contribution in [0.3, 0.4) is 0 Å². The fourth-order valence-corrected chi connectivity index (χ4v) is 2.23. The van der Waals surface area contributed by atoms with E-state index in [2.05, 4.69) is 29.1 Å². The van der Waals surface area contributed by atoms with Crippen LogP contribution in [0.1, 0.15) is 40.5 Å². The quantitative estimate of drug-likeness (QED) is 0.740. The number of alkyl halides is 1. The fraction of sp³-hybridized carbons (Fsp3) is 0.714. The van der Waals surface area contributed by atoms with Gasteiger partial charge in [-0.05, 0) is 26.7 Å². The van der Waals surface area contributed by atoms with Crippen molar-refractivity contribution in [3.8, 4) is 5.88 Å². The average molecular weight is 286 g/mol. The molecule has 0 amide bonds. The van der Waals surface area contributed by atoms with Crippen molar-refractivity contribution < 1.29 is 4.74 Å². The predicted molar refractivity (Wildman–Crippen MR) is 80.0 cm³/mol. The number of ether oxygens (including phenoxy) is 1. The summed E-state index contributed by atoms with van der Waals surface area (Å²) in [4.78, 5) is 8.29. The molecule has 4 nitrogen and oxygen atoms in total. The second-order valence-corrected chi connectivity index (χ2v) is 5.37. The summed E-state index contributed by atoms with van der Waals surface area (Å²) in [6, 6.07) is 1.82. The molecular formula is C14H24ClN3O. The Labute approximate surface area is 120 Å². The summed E-state index contributed by atoms with van der Waals surface area (Å²) in [6.07, 6.45) is 3.71. The maximum Gasteiger partial charge on any atom is 0.218 e. The van der Waals surface area contributed by atoms with E-state index in [1.54, 1.807) is 0 Å². The molecule has 0 radical (unpaired) electrons. The largest absolute Gasteiger partial charge is 0.475 e. The molecule has 19 heavy (non-hydrogen) atoms. The lowest BCUT2D eigenvalue weighted by molar-refractivity contribution is 0.232. The lowest BCUT2D eigenvalue weighted by Crippen LogP contribution is -2.30. The van der Waals surface area contributed by atoms with Gasteiger partial charge in [-0.25, -0.2) is 9.97 Å². The van der Waals surface area contributed by atoms with Gasteiger partial charge in [-0.3, -0.25) is 0 Å². The predicted octanol–water partition coefficient (Wildman–Crippen LogP) is 3.72. The third-order valence-corrected chi connectivity index (χ3v) is 3.99. The van der Waals surface area contributed by atoms with E-state index in [1.165, 1.54) is 6.33 Å². The Hall–Kier alpha value is -1.03. The summed E-state index contributed by atoms with van der Waals surface area (Å²) in [6.45, 7) is 9.09. The minimum absolute atomic E-state index is 0.107. The molecule has 0 aliphatic rings. The first-order valence-electron chi connectivity index (χ1n) is 6.83. The van der Waals surface area contributed by atoms with Crippen LogP contribution in [-0.2, 0) is 0 Å². The van der Waals surface area contributed by atoms with Gasteiger partial charge in [-0.1, -0.05) is 13.8 Å². The summed E-state index contributed by atoms with van der Waals surface area (Å²) in [5, 5.41) is 3.34. The van der Waals surface area contributed by atoms with E-state index in [-0.39, 0.29) is 11.5 Å². The third-order valence-electron chi connectivity index (χ3n) is 3.43. The first kappa shape index (κ1) is 16.0. The van der Waals surface area contributed by atoms with E-state index in [0.717, 1.165) is 25.2 Å². The number of hydrogen-bond acceptors (Lipinski definition) is 4. The van der Waals surface area contributed by atoms with Crippen LogP contribution >= 0.6 is 11.6 Å². The maximum atomic E-state index is 6.09.